The summed E-state index contributed by atoms with van der Waals surface area (Å²) in [6, 6.07) is 5.78. The molecular formula is C16H22ClNO3. The molecule has 0 aliphatic carbocycles. The number of hydrogen-bond acceptors (Lipinski definition) is 3. The van der Waals surface area contributed by atoms with Crippen LogP contribution in [0.3, 0.4) is 0 Å². The van der Waals surface area contributed by atoms with Crippen molar-refractivity contribution >= 4 is 17.7 Å². The molecule has 1 unspecified atom stereocenters. The van der Waals surface area contributed by atoms with Crippen molar-refractivity contribution in [1.82, 2.24) is 4.90 Å². The second-order valence-corrected chi connectivity index (χ2v) is 6.71. The molecule has 5 heteroatoms. The predicted octanol–water partition coefficient (Wildman–Crippen LogP) is 4.07. The minimum Gasteiger partial charge on any atom is -0.495 e. The molecule has 2 rings (SSSR count). The van der Waals surface area contributed by atoms with Crippen LogP contribution in [0.25, 0.3) is 0 Å². The zero-order valence-corrected chi connectivity index (χ0v) is 13.7. The van der Waals surface area contributed by atoms with Gasteiger partial charge in [0.15, 0.2) is 0 Å². The molecule has 0 spiro atoms. The Labute approximate surface area is 131 Å². The molecule has 1 fully saturated rings. The minimum atomic E-state index is -0.460. The smallest absolute Gasteiger partial charge is 0.410 e. The van der Waals surface area contributed by atoms with Gasteiger partial charge in [-0.05, 0) is 44.9 Å². The van der Waals surface area contributed by atoms with Gasteiger partial charge >= 0.3 is 6.09 Å². The van der Waals surface area contributed by atoms with E-state index in [0.717, 1.165) is 12.0 Å². The molecular weight excluding hydrogens is 290 g/mol. The Kier molecular flexibility index (Phi) is 4.67. The van der Waals surface area contributed by atoms with E-state index in [2.05, 4.69) is 0 Å². The number of methoxy groups -OCH3 is 1. The SMILES string of the molecule is COc1cc(C2CCN(C(=O)OC(C)(C)C)C2)ccc1Cl. The van der Waals surface area contributed by atoms with E-state index in [1.165, 1.54) is 0 Å². The summed E-state index contributed by atoms with van der Waals surface area (Å²) >= 11 is 6.05. The van der Waals surface area contributed by atoms with Gasteiger partial charge in [-0.15, -0.1) is 0 Å². The average Bonchev–Trinajstić information content (AvgIpc) is 2.87. The van der Waals surface area contributed by atoms with E-state index >= 15 is 0 Å². The third-order valence-electron chi connectivity index (χ3n) is 3.49. The van der Waals surface area contributed by atoms with Crippen molar-refractivity contribution in [2.75, 3.05) is 20.2 Å². The summed E-state index contributed by atoms with van der Waals surface area (Å²) in [6.07, 6.45) is 0.676. The van der Waals surface area contributed by atoms with Gasteiger partial charge in [-0.1, -0.05) is 17.7 Å². The van der Waals surface area contributed by atoms with Crippen molar-refractivity contribution in [2.24, 2.45) is 0 Å². The maximum atomic E-state index is 12.1. The van der Waals surface area contributed by atoms with Gasteiger partial charge in [0.2, 0.25) is 0 Å². The number of carbonyl (C=O) groups excluding carboxylic acids is 1. The molecule has 1 atom stereocenters. The number of carbonyl (C=O) groups is 1. The van der Waals surface area contributed by atoms with Gasteiger partial charge in [-0.25, -0.2) is 4.79 Å². The van der Waals surface area contributed by atoms with Gasteiger partial charge in [0.1, 0.15) is 11.4 Å². The number of ether oxygens (including phenoxy) is 2. The van der Waals surface area contributed by atoms with Crippen LogP contribution in [0.15, 0.2) is 18.2 Å². The lowest BCUT2D eigenvalue weighted by atomic mass is 9.98. The first-order chi connectivity index (χ1) is 9.80. The molecule has 0 N–H and O–H groups in total. The third-order valence-corrected chi connectivity index (χ3v) is 3.80. The summed E-state index contributed by atoms with van der Waals surface area (Å²) in [7, 11) is 1.60. The second-order valence-electron chi connectivity index (χ2n) is 6.31. The third kappa shape index (κ3) is 4.03. The lowest BCUT2D eigenvalue weighted by molar-refractivity contribution is 0.0292. The van der Waals surface area contributed by atoms with Crippen molar-refractivity contribution in [3.05, 3.63) is 28.8 Å². The van der Waals surface area contributed by atoms with Crippen LogP contribution in [-0.2, 0) is 4.74 Å². The maximum Gasteiger partial charge on any atom is 0.410 e. The Morgan fingerprint density at radius 1 is 1.38 bits per heavy atom. The normalized spacial score (nSPS) is 18.7. The molecule has 4 nitrogen and oxygen atoms in total. The zero-order valence-electron chi connectivity index (χ0n) is 13.0. The van der Waals surface area contributed by atoms with Gasteiger partial charge in [0.25, 0.3) is 0 Å². The highest BCUT2D eigenvalue weighted by molar-refractivity contribution is 6.32. The number of rotatable bonds is 2. The number of likely N-dealkylation sites (tertiary alicyclic amines) is 1. The number of nitrogens with zero attached hydrogens (tertiary/aromatic N) is 1. The molecule has 1 amide bonds. The first kappa shape index (κ1) is 16.0. The van der Waals surface area contributed by atoms with Crippen molar-refractivity contribution < 1.29 is 14.3 Å². The molecule has 116 valence electrons. The molecule has 0 aromatic heterocycles. The van der Waals surface area contributed by atoms with Gasteiger partial charge in [0.05, 0.1) is 12.1 Å². The molecule has 1 aromatic rings. The monoisotopic (exact) mass is 311 g/mol. The molecule has 0 bridgehead atoms. The molecule has 1 aliphatic rings. The quantitative estimate of drug-likeness (QED) is 0.826. The van der Waals surface area contributed by atoms with E-state index in [0.29, 0.717) is 29.8 Å². The fourth-order valence-corrected chi connectivity index (χ4v) is 2.65. The fourth-order valence-electron chi connectivity index (χ4n) is 2.45. The summed E-state index contributed by atoms with van der Waals surface area (Å²) in [5.41, 5.74) is 0.681. The molecule has 0 radical (unpaired) electrons. The maximum absolute atomic E-state index is 12.1. The van der Waals surface area contributed by atoms with E-state index in [1.54, 1.807) is 12.0 Å². The zero-order chi connectivity index (χ0) is 15.6. The lowest BCUT2D eigenvalue weighted by Gasteiger charge is -2.24. The summed E-state index contributed by atoms with van der Waals surface area (Å²) in [6.45, 7) is 7.01. The van der Waals surface area contributed by atoms with Crippen LogP contribution >= 0.6 is 11.6 Å². The standard InChI is InChI=1S/C16H22ClNO3/c1-16(2,3)21-15(19)18-8-7-12(10-18)11-5-6-13(17)14(9-11)20-4/h5-6,9,12H,7-8,10H2,1-4H3. The van der Waals surface area contributed by atoms with Crippen LogP contribution in [0.5, 0.6) is 5.75 Å². The second kappa shape index (κ2) is 6.14. The van der Waals surface area contributed by atoms with Crippen molar-refractivity contribution in [1.29, 1.82) is 0 Å². The van der Waals surface area contributed by atoms with Crippen LogP contribution in [0.1, 0.15) is 38.7 Å². The molecule has 1 aliphatic heterocycles. The van der Waals surface area contributed by atoms with Crippen LogP contribution in [0, 0.1) is 0 Å². The average molecular weight is 312 g/mol. The van der Waals surface area contributed by atoms with Crippen LogP contribution < -0.4 is 4.74 Å². The van der Waals surface area contributed by atoms with Gasteiger partial charge in [-0.3, -0.25) is 0 Å². The van der Waals surface area contributed by atoms with Gasteiger partial charge in [0, 0.05) is 19.0 Å². The summed E-state index contributed by atoms with van der Waals surface area (Å²) in [4.78, 5) is 13.8. The number of hydrogen-bond donors (Lipinski definition) is 0. The predicted molar refractivity (Wildman–Crippen MR) is 83.2 cm³/mol. The van der Waals surface area contributed by atoms with Crippen LogP contribution in [0.4, 0.5) is 4.79 Å². The van der Waals surface area contributed by atoms with E-state index < -0.39 is 5.60 Å². The van der Waals surface area contributed by atoms with Crippen molar-refractivity contribution in [2.45, 2.75) is 38.7 Å². The highest BCUT2D eigenvalue weighted by atomic mass is 35.5. The van der Waals surface area contributed by atoms with Crippen molar-refractivity contribution in [3.63, 3.8) is 0 Å². The highest BCUT2D eigenvalue weighted by Crippen LogP contribution is 2.33. The number of halogens is 1. The number of amides is 1. The number of benzene rings is 1. The van der Waals surface area contributed by atoms with Gasteiger partial charge < -0.3 is 14.4 Å². The summed E-state index contributed by atoms with van der Waals surface area (Å²) in [5, 5.41) is 0.600. The largest absolute Gasteiger partial charge is 0.495 e. The highest BCUT2D eigenvalue weighted by Gasteiger charge is 2.30. The van der Waals surface area contributed by atoms with Crippen molar-refractivity contribution in [3.8, 4) is 5.75 Å². The summed E-state index contributed by atoms with van der Waals surface area (Å²) in [5.74, 6) is 0.966. The summed E-state index contributed by atoms with van der Waals surface area (Å²) < 4.78 is 10.7. The van der Waals surface area contributed by atoms with E-state index in [9.17, 15) is 4.79 Å². The first-order valence-corrected chi connectivity index (χ1v) is 7.49. The van der Waals surface area contributed by atoms with E-state index in [-0.39, 0.29) is 6.09 Å². The molecule has 1 heterocycles. The van der Waals surface area contributed by atoms with Crippen LogP contribution in [-0.4, -0.2) is 36.8 Å². The molecule has 1 aromatic carbocycles. The minimum absolute atomic E-state index is 0.245. The Hall–Kier alpha value is -1.42. The van der Waals surface area contributed by atoms with Gasteiger partial charge in [-0.2, -0.15) is 0 Å². The Balaban J connectivity index is 2.04. The Bertz CT molecular complexity index is 525. The Morgan fingerprint density at radius 2 is 2.10 bits per heavy atom. The fraction of sp³-hybridized carbons (Fsp3) is 0.562. The van der Waals surface area contributed by atoms with E-state index in [1.807, 2.05) is 39.0 Å². The first-order valence-electron chi connectivity index (χ1n) is 7.11. The molecule has 21 heavy (non-hydrogen) atoms. The van der Waals surface area contributed by atoms with Crippen LogP contribution in [0.2, 0.25) is 5.02 Å². The van der Waals surface area contributed by atoms with E-state index in [4.69, 9.17) is 21.1 Å². The molecule has 1 saturated heterocycles. The topological polar surface area (TPSA) is 38.8 Å². The Morgan fingerprint density at radius 3 is 2.71 bits per heavy atom. The lowest BCUT2D eigenvalue weighted by Crippen LogP contribution is -2.35. The molecule has 0 saturated carbocycles.